The summed E-state index contributed by atoms with van der Waals surface area (Å²) in [5.41, 5.74) is 3.81. The van der Waals surface area contributed by atoms with Gasteiger partial charge in [-0.3, -0.25) is 0 Å². The molecule has 1 aromatic rings. The molecular formula is C11H14ClN3O. The van der Waals surface area contributed by atoms with Gasteiger partial charge in [0.15, 0.2) is 0 Å². The molecule has 0 aliphatic carbocycles. The normalized spacial score (nSPS) is 11.1. The van der Waals surface area contributed by atoms with Gasteiger partial charge >= 0.3 is 6.03 Å². The number of hydrogen-bond donors (Lipinski definition) is 2. The molecule has 0 spiro atoms. The molecule has 5 heteroatoms. The Hall–Kier alpha value is -1.55. The van der Waals surface area contributed by atoms with Gasteiger partial charge in [0.2, 0.25) is 0 Å². The van der Waals surface area contributed by atoms with Crippen molar-refractivity contribution in [2.24, 2.45) is 5.10 Å². The van der Waals surface area contributed by atoms with Gasteiger partial charge in [0, 0.05) is 5.71 Å². The summed E-state index contributed by atoms with van der Waals surface area (Å²) >= 11 is 5.88. The average Bonchev–Trinajstić information content (AvgIpc) is 2.29. The first-order valence-electron chi connectivity index (χ1n) is 4.98. The second kappa shape index (κ2) is 6.12. The number of halogens is 1. The molecule has 0 radical (unpaired) electrons. The van der Waals surface area contributed by atoms with Crippen LogP contribution in [0, 0.1) is 0 Å². The Morgan fingerprint density at radius 1 is 1.44 bits per heavy atom. The molecule has 0 fully saturated rings. The van der Waals surface area contributed by atoms with Crippen molar-refractivity contribution in [2.75, 3.05) is 5.32 Å². The van der Waals surface area contributed by atoms with E-state index < -0.39 is 6.03 Å². The van der Waals surface area contributed by atoms with Gasteiger partial charge < -0.3 is 5.32 Å². The molecule has 0 bridgehead atoms. The minimum atomic E-state index is -0.402. The van der Waals surface area contributed by atoms with Crippen molar-refractivity contribution in [1.82, 2.24) is 5.43 Å². The first-order chi connectivity index (χ1) is 7.63. The quantitative estimate of drug-likeness (QED) is 0.618. The SMILES string of the molecule is CCC(C)=NNC(=O)Nc1ccccc1Cl. The second-order valence-electron chi connectivity index (χ2n) is 3.25. The summed E-state index contributed by atoms with van der Waals surface area (Å²) in [6.45, 7) is 3.81. The third kappa shape index (κ3) is 3.90. The Morgan fingerprint density at radius 2 is 2.12 bits per heavy atom. The van der Waals surface area contributed by atoms with E-state index in [1.54, 1.807) is 24.3 Å². The number of carbonyl (C=O) groups excluding carboxylic acids is 1. The topological polar surface area (TPSA) is 53.5 Å². The van der Waals surface area contributed by atoms with E-state index in [0.29, 0.717) is 10.7 Å². The van der Waals surface area contributed by atoms with Crippen LogP contribution in [0.5, 0.6) is 0 Å². The molecule has 0 saturated carbocycles. The van der Waals surface area contributed by atoms with Gasteiger partial charge in [-0.2, -0.15) is 5.10 Å². The van der Waals surface area contributed by atoms with E-state index in [9.17, 15) is 4.79 Å². The number of hydrogen-bond acceptors (Lipinski definition) is 2. The highest BCUT2D eigenvalue weighted by Crippen LogP contribution is 2.19. The zero-order chi connectivity index (χ0) is 12.0. The van der Waals surface area contributed by atoms with E-state index in [4.69, 9.17) is 11.6 Å². The molecule has 2 N–H and O–H groups in total. The maximum atomic E-state index is 11.4. The number of carbonyl (C=O) groups is 1. The maximum Gasteiger partial charge on any atom is 0.339 e. The average molecular weight is 240 g/mol. The van der Waals surface area contributed by atoms with Crippen LogP contribution < -0.4 is 10.7 Å². The zero-order valence-corrected chi connectivity index (χ0v) is 10.0. The molecule has 0 saturated heterocycles. The van der Waals surface area contributed by atoms with Crippen LogP contribution in [0.25, 0.3) is 0 Å². The fourth-order valence-corrected chi connectivity index (χ4v) is 1.12. The third-order valence-corrected chi connectivity index (χ3v) is 2.31. The Balaban J connectivity index is 2.56. The lowest BCUT2D eigenvalue weighted by atomic mass is 10.3. The van der Waals surface area contributed by atoms with E-state index in [1.807, 2.05) is 13.8 Å². The Bertz CT molecular complexity index is 404. The molecule has 2 amide bonds. The van der Waals surface area contributed by atoms with Crippen LogP contribution in [-0.4, -0.2) is 11.7 Å². The smallest absolute Gasteiger partial charge is 0.305 e. The van der Waals surface area contributed by atoms with Crippen LogP contribution in [0.15, 0.2) is 29.4 Å². The number of nitrogens with zero attached hydrogens (tertiary/aromatic N) is 1. The van der Waals surface area contributed by atoms with Gasteiger partial charge in [-0.25, -0.2) is 10.2 Å². The Kier molecular flexibility index (Phi) is 4.79. The second-order valence-corrected chi connectivity index (χ2v) is 3.65. The van der Waals surface area contributed by atoms with Crippen LogP contribution >= 0.6 is 11.6 Å². The number of para-hydroxylation sites is 1. The molecule has 0 aromatic heterocycles. The predicted molar refractivity (Wildman–Crippen MR) is 67.0 cm³/mol. The monoisotopic (exact) mass is 239 g/mol. The van der Waals surface area contributed by atoms with Crippen molar-refractivity contribution in [3.05, 3.63) is 29.3 Å². The van der Waals surface area contributed by atoms with Crippen molar-refractivity contribution in [2.45, 2.75) is 20.3 Å². The Morgan fingerprint density at radius 3 is 2.75 bits per heavy atom. The number of nitrogens with one attached hydrogen (secondary N) is 2. The van der Waals surface area contributed by atoms with Crippen molar-refractivity contribution in [3.63, 3.8) is 0 Å². The first-order valence-corrected chi connectivity index (χ1v) is 5.36. The van der Waals surface area contributed by atoms with Gasteiger partial charge in [-0.15, -0.1) is 0 Å². The molecule has 0 atom stereocenters. The number of benzene rings is 1. The highest BCUT2D eigenvalue weighted by Gasteiger charge is 2.03. The zero-order valence-electron chi connectivity index (χ0n) is 9.25. The number of rotatable bonds is 3. The summed E-state index contributed by atoms with van der Waals surface area (Å²) in [5, 5.41) is 6.97. The third-order valence-electron chi connectivity index (χ3n) is 1.98. The number of hydrazone groups is 1. The summed E-state index contributed by atoms with van der Waals surface area (Å²) in [7, 11) is 0. The lowest BCUT2D eigenvalue weighted by Crippen LogP contribution is -2.25. The molecule has 86 valence electrons. The summed E-state index contributed by atoms with van der Waals surface area (Å²) < 4.78 is 0. The van der Waals surface area contributed by atoms with Crippen molar-refractivity contribution in [1.29, 1.82) is 0 Å². The minimum Gasteiger partial charge on any atom is -0.305 e. The van der Waals surface area contributed by atoms with E-state index >= 15 is 0 Å². The highest BCUT2D eigenvalue weighted by atomic mass is 35.5. The van der Waals surface area contributed by atoms with E-state index in [0.717, 1.165) is 12.1 Å². The maximum absolute atomic E-state index is 11.4. The van der Waals surface area contributed by atoms with E-state index in [2.05, 4.69) is 15.8 Å². The molecule has 4 nitrogen and oxygen atoms in total. The summed E-state index contributed by atoms with van der Waals surface area (Å²) in [6, 6.07) is 6.61. The van der Waals surface area contributed by atoms with Gasteiger partial charge in [0.25, 0.3) is 0 Å². The summed E-state index contributed by atoms with van der Waals surface area (Å²) in [6.07, 6.45) is 0.798. The van der Waals surface area contributed by atoms with Gasteiger partial charge in [-0.05, 0) is 25.5 Å². The van der Waals surface area contributed by atoms with E-state index in [1.165, 1.54) is 0 Å². The lowest BCUT2D eigenvalue weighted by molar-refractivity contribution is 0.252. The highest BCUT2D eigenvalue weighted by molar-refractivity contribution is 6.33. The number of amides is 2. The molecular weight excluding hydrogens is 226 g/mol. The molecule has 0 heterocycles. The van der Waals surface area contributed by atoms with Crippen LogP contribution in [0.2, 0.25) is 5.02 Å². The van der Waals surface area contributed by atoms with Gasteiger partial charge in [0.05, 0.1) is 10.7 Å². The fraction of sp³-hybridized carbons (Fsp3) is 0.273. The first kappa shape index (κ1) is 12.5. The van der Waals surface area contributed by atoms with Crippen molar-refractivity contribution in [3.8, 4) is 0 Å². The Labute approximate surface area is 99.7 Å². The summed E-state index contributed by atoms with van der Waals surface area (Å²) in [5.74, 6) is 0. The van der Waals surface area contributed by atoms with Crippen LogP contribution in [0.4, 0.5) is 10.5 Å². The fourth-order valence-electron chi connectivity index (χ4n) is 0.938. The van der Waals surface area contributed by atoms with Crippen LogP contribution in [0.1, 0.15) is 20.3 Å². The summed E-state index contributed by atoms with van der Waals surface area (Å²) in [4.78, 5) is 11.4. The number of urea groups is 1. The standard InChI is InChI=1S/C11H14ClN3O/c1-3-8(2)14-15-11(16)13-10-7-5-4-6-9(10)12/h4-7H,3H2,1-2H3,(H2,13,15,16). The van der Waals surface area contributed by atoms with Gasteiger partial charge in [0.1, 0.15) is 0 Å². The number of anilines is 1. The molecule has 0 aliphatic rings. The van der Waals surface area contributed by atoms with Crippen molar-refractivity contribution >= 4 is 29.0 Å². The lowest BCUT2D eigenvalue weighted by Gasteiger charge is -2.06. The molecule has 0 unspecified atom stereocenters. The van der Waals surface area contributed by atoms with E-state index in [-0.39, 0.29) is 0 Å². The predicted octanol–water partition coefficient (Wildman–Crippen LogP) is 3.25. The van der Waals surface area contributed by atoms with Gasteiger partial charge in [-0.1, -0.05) is 30.7 Å². The van der Waals surface area contributed by atoms with Crippen molar-refractivity contribution < 1.29 is 4.79 Å². The molecule has 1 rings (SSSR count). The molecule has 1 aromatic carbocycles. The molecule has 0 aliphatic heterocycles. The largest absolute Gasteiger partial charge is 0.339 e. The minimum absolute atomic E-state index is 0.402. The van der Waals surface area contributed by atoms with Crippen LogP contribution in [0.3, 0.4) is 0 Å². The molecule has 16 heavy (non-hydrogen) atoms. The van der Waals surface area contributed by atoms with Crippen LogP contribution in [-0.2, 0) is 0 Å².